The standard InChI is InChI=1S/C13H18O4/c14-8-12-6-11(7-13(15)17-12)16-9-10-4-2-1-3-5-10/h1-5,11-15H,6-9H2. The first-order valence-corrected chi connectivity index (χ1v) is 5.88. The van der Waals surface area contributed by atoms with Crippen molar-refractivity contribution in [3.05, 3.63) is 35.9 Å². The monoisotopic (exact) mass is 238 g/mol. The number of benzene rings is 1. The van der Waals surface area contributed by atoms with Crippen LogP contribution in [0.25, 0.3) is 0 Å². The summed E-state index contributed by atoms with van der Waals surface area (Å²) in [6, 6.07) is 9.89. The minimum absolute atomic E-state index is 0.0592. The number of hydrogen-bond acceptors (Lipinski definition) is 4. The van der Waals surface area contributed by atoms with Gasteiger partial charge in [-0.15, -0.1) is 0 Å². The van der Waals surface area contributed by atoms with E-state index in [1.807, 2.05) is 30.3 Å². The third kappa shape index (κ3) is 3.78. The molecule has 0 saturated carbocycles. The predicted octanol–water partition coefficient (Wildman–Crippen LogP) is 1.06. The fraction of sp³-hybridized carbons (Fsp3) is 0.538. The van der Waals surface area contributed by atoms with Gasteiger partial charge in [0.05, 0.1) is 25.4 Å². The van der Waals surface area contributed by atoms with Crippen LogP contribution in [-0.4, -0.2) is 35.3 Å². The average molecular weight is 238 g/mol. The third-order valence-electron chi connectivity index (χ3n) is 2.87. The third-order valence-corrected chi connectivity index (χ3v) is 2.87. The molecule has 2 rings (SSSR count). The first-order valence-electron chi connectivity index (χ1n) is 5.88. The molecular weight excluding hydrogens is 220 g/mol. The lowest BCUT2D eigenvalue weighted by Gasteiger charge is -2.31. The van der Waals surface area contributed by atoms with Crippen molar-refractivity contribution in [1.29, 1.82) is 0 Å². The van der Waals surface area contributed by atoms with E-state index >= 15 is 0 Å². The molecule has 3 unspecified atom stereocenters. The summed E-state index contributed by atoms with van der Waals surface area (Å²) in [6.45, 7) is 0.443. The van der Waals surface area contributed by atoms with Crippen LogP contribution in [0.1, 0.15) is 18.4 Å². The van der Waals surface area contributed by atoms with E-state index in [1.54, 1.807) is 0 Å². The molecule has 1 aromatic rings. The summed E-state index contributed by atoms with van der Waals surface area (Å²) in [4.78, 5) is 0. The Balaban J connectivity index is 1.82. The molecule has 0 radical (unpaired) electrons. The van der Waals surface area contributed by atoms with Gasteiger partial charge < -0.3 is 19.7 Å². The lowest BCUT2D eigenvalue weighted by molar-refractivity contribution is -0.206. The Bertz CT molecular complexity index is 327. The molecule has 1 aliphatic heterocycles. The first-order chi connectivity index (χ1) is 8.28. The van der Waals surface area contributed by atoms with Crippen molar-refractivity contribution in [1.82, 2.24) is 0 Å². The molecule has 1 fully saturated rings. The summed E-state index contributed by atoms with van der Waals surface area (Å²) in [5.74, 6) is 0. The molecule has 4 heteroatoms. The largest absolute Gasteiger partial charge is 0.394 e. The topological polar surface area (TPSA) is 58.9 Å². The zero-order chi connectivity index (χ0) is 12.1. The van der Waals surface area contributed by atoms with E-state index < -0.39 is 6.29 Å². The molecule has 0 aromatic heterocycles. The van der Waals surface area contributed by atoms with E-state index in [1.165, 1.54) is 0 Å². The van der Waals surface area contributed by atoms with Crippen LogP contribution < -0.4 is 0 Å². The molecule has 94 valence electrons. The molecule has 3 atom stereocenters. The average Bonchev–Trinajstić information content (AvgIpc) is 2.37. The van der Waals surface area contributed by atoms with Gasteiger partial charge in [0.25, 0.3) is 0 Å². The molecule has 0 spiro atoms. The highest BCUT2D eigenvalue weighted by Crippen LogP contribution is 2.21. The molecule has 0 amide bonds. The summed E-state index contributed by atoms with van der Waals surface area (Å²) in [7, 11) is 0. The van der Waals surface area contributed by atoms with Crippen LogP contribution in [-0.2, 0) is 16.1 Å². The van der Waals surface area contributed by atoms with Crippen molar-refractivity contribution in [2.24, 2.45) is 0 Å². The second kappa shape index (κ2) is 6.12. The van der Waals surface area contributed by atoms with Crippen LogP contribution in [0, 0.1) is 0 Å². The van der Waals surface area contributed by atoms with Gasteiger partial charge in [-0.1, -0.05) is 30.3 Å². The van der Waals surface area contributed by atoms with Crippen molar-refractivity contribution < 1.29 is 19.7 Å². The summed E-state index contributed by atoms with van der Waals surface area (Å²) in [5, 5.41) is 18.5. The highest BCUT2D eigenvalue weighted by molar-refractivity contribution is 5.13. The van der Waals surface area contributed by atoms with Gasteiger partial charge in [-0.05, 0) is 5.56 Å². The molecule has 0 bridgehead atoms. The van der Waals surface area contributed by atoms with E-state index in [2.05, 4.69) is 0 Å². The van der Waals surface area contributed by atoms with Gasteiger partial charge >= 0.3 is 0 Å². The quantitative estimate of drug-likeness (QED) is 0.823. The molecule has 2 N–H and O–H groups in total. The molecule has 1 aliphatic rings. The van der Waals surface area contributed by atoms with Gasteiger partial charge in [0.1, 0.15) is 0 Å². The molecule has 4 nitrogen and oxygen atoms in total. The van der Waals surface area contributed by atoms with Gasteiger partial charge in [0, 0.05) is 12.8 Å². The normalized spacial score (nSPS) is 29.2. The van der Waals surface area contributed by atoms with Gasteiger partial charge in [-0.2, -0.15) is 0 Å². The number of rotatable bonds is 4. The van der Waals surface area contributed by atoms with Crippen LogP contribution in [0.15, 0.2) is 30.3 Å². The van der Waals surface area contributed by atoms with E-state index in [0.29, 0.717) is 19.4 Å². The van der Waals surface area contributed by atoms with Crippen molar-refractivity contribution in [3.63, 3.8) is 0 Å². The second-order valence-corrected chi connectivity index (χ2v) is 4.29. The minimum atomic E-state index is -0.832. The summed E-state index contributed by atoms with van der Waals surface area (Å²) >= 11 is 0. The second-order valence-electron chi connectivity index (χ2n) is 4.29. The SMILES string of the molecule is OCC1CC(OCc2ccccc2)CC(O)O1. The van der Waals surface area contributed by atoms with Crippen LogP contribution in [0.4, 0.5) is 0 Å². The number of aliphatic hydroxyl groups is 2. The molecule has 17 heavy (non-hydrogen) atoms. The Morgan fingerprint density at radius 1 is 1.24 bits per heavy atom. The van der Waals surface area contributed by atoms with Gasteiger partial charge in [0.15, 0.2) is 6.29 Å². The first kappa shape index (κ1) is 12.5. The highest BCUT2D eigenvalue weighted by Gasteiger charge is 2.28. The fourth-order valence-corrected chi connectivity index (χ4v) is 1.99. The lowest BCUT2D eigenvalue weighted by atomic mass is 10.1. The number of aliphatic hydroxyl groups excluding tert-OH is 2. The fourth-order valence-electron chi connectivity index (χ4n) is 1.99. The zero-order valence-corrected chi connectivity index (χ0v) is 9.66. The Labute approximate surface area is 101 Å². The number of ether oxygens (including phenoxy) is 2. The molecule has 0 aliphatic carbocycles. The Morgan fingerprint density at radius 3 is 2.71 bits per heavy atom. The smallest absolute Gasteiger partial charge is 0.157 e. The van der Waals surface area contributed by atoms with Crippen LogP contribution >= 0.6 is 0 Å². The Kier molecular flexibility index (Phi) is 4.50. The Hall–Kier alpha value is -0.940. The summed E-state index contributed by atoms with van der Waals surface area (Å²) in [5.41, 5.74) is 1.11. The van der Waals surface area contributed by atoms with Crippen molar-refractivity contribution in [3.8, 4) is 0 Å². The lowest BCUT2D eigenvalue weighted by Crippen LogP contribution is -2.38. The molecule has 1 aromatic carbocycles. The van der Waals surface area contributed by atoms with Crippen LogP contribution in [0.2, 0.25) is 0 Å². The van der Waals surface area contributed by atoms with Crippen molar-refractivity contribution >= 4 is 0 Å². The van der Waals surface area contributed by atoms with E-state index in [-0.39, 0.29) is 18.8 Å². The molecular formula is C13H18O4. The summed E-state index contributed by atoms with van der Waals surface area (Å²) < 4.78 is 10.9. The minimum Gasteiger partial charge on any atom is -0.394 e. The maximum atomic E-state index is 9.46. The van der Waals surface area contributed by atoms with E-state index in [4.69, 9.17) is 14.6 Å². The van der Waals surface area contributed by atoms with Gasteiger partial charge in [0.2, 0.25) is 0 Å². The highest BCUT2D eigenvalue weighted by atomic mass is 16.6. The molecule has 1 heterocycles. The number of hydrogen-bond donors (Lipinski definition) is 2. The van der Waals surface area contributed by atoms with Gasteiger partial charge in [-0.25, -0.2) is 0 Å². The molecule has 1 saturated heterocycles. The zero-order valence-electron chi connectivity index (χ0n) is 9.66. The summed E-state index contributed by atoms with van der Waals surface area (Å²) in [6.07, 6.45) is -0.124. The Morgan fingerprint density at radius 2 is 2.00 bits per heavy atom. The van der Waals surface area contributed by atoms with Crippen molar-refractivity contribution in [2.75, 3.05) is 6.61 Å². The van der Waals surface area contributed by atoms with Crippen molar-refractivity contribution in [2.45, 2.75) is 37.9 Å². The van der Waals surface area contributed by atoms with Crippen LogP contribution in [0.5, 0.6) is 0 Å². The van der Waals surface area contributed by atoms with Crippen LogP contribution in [0.3, 0.4) is 0 Å². The van der Waals surface area contributed by atoms with Gasteiger partial charge in [-0.3, -0.25) is 0 Å². The maximum Gasteiger partial charge on any atom is 0.157 e. The maximum absolute atomic E-state index is 9.46. The predicted molar refractivity (Wildman–Crippen MR) is 62.2 cm³/mol. The van der Waals surface area contributed by atoms with E-state index in [9.17, 15) is 5.11 Å². The van der Waals surface area contributed by atoms with E-state index in [0.717, 1.165) is 5.56 Å².